The average molecular weight is 297 g/mol. The van der Waals surface area contributed by atoms with Gasteiger partial charge in [-0.1, -0.05) is 11.6 Å². The number of anilines is 1. The van der Waals surface area contributed by atoms with Gasteiger partial charge in [-0.2, -0.15) is 0 Å². The minimum atomic E-state index is -0.575. The molecule has 1 N–H and O–H groups in total. The number of hydrogen-bond acceptors (Lipinski definition) is 5. The van der Waals surface area contributed by atoms with Gasteiger partial charge in [0, 0.05) is 5.02 Å². The second-order valence-electron chi connectivity index (χ2n) is 3.92. The van der Waals surface area contributed by atoms with Crippen LogP contribution in [0.4, 0.5) is 11.6 Å². The summed E-state index contributed by atoms with van der Waals surface area (Å²) in [6, 6.07) is 8.09. The van der Waals surface area contributed by atoms with E-state index in [9.17, 15) is 10.1 Å². The molecule has 2 rings (SSSR count). The van der Waals surface area contributed by atoms with Crippen molar-refractivity contribution in [3.05, 3.63) is 51.2 Å². The SMILES string of the molecule is CCOc1ccc(Cl)cc1NCc1ccc([N+](=O)[O-])o1. The topological polar surface area (TPSA) is 77.5 Å². The van der Waals surface area contributed by atoms with Crippen LogP contribution in [0.2, 0.25) is 5.02 Å². The first-order valence-electron chi connectivity index (χ1n) is 5.99. The van der Waals surface area contributed by atoms with E-state index in [2.05, 4.69) is 5.32 Å². The first-order valence-corrected chi connectivity index (χ1v) is 6.37. The lowest BCUT2D eigenvalue weighted by molar-refractivity contribution is -0.402. The van der Waals surface area contributed by atoms with Crippen molar-refractivity contribution in [3.8, 4) is 5.75 Å². The standard InChI is InChI=1S/C13H13ClN2O4/c1-2-19-12-5-3-9(14)7-11(12)15-8-10-4-6-13(20-10)16(17)18/h3-7,15H,2,8H2,1H3. The number of nitrogens with zero attached hydrogens (tertiary/aromatic N) is 1. The van der Waals surface area contributed by atoms with Crippen molar-refractivity contribution in [3.63, 3.8) is 0 Å². The van der Waals surface area contributed by atoms with Gasteiger partial charge in [0.25, 0.3) is 0 Å². The van der Waals surface area contributed by atoms with Gasteiger partial charge >= 0.3 is 5.88 Å². The van der Waals surface area contributed by atoms with Gasteiger partial charge in [-0.25, -0.2) is 0 Å². The van der Waals surface area contributed by atoms with Crippen LogP contribution in [0.5, 0.6) is 5.75 Å². The molecule has 1 aromatic heterocycles. The Bertz CT molecular complexity index is 612. The number of ether oxygens (including phenoxy) is 1. The normalized spacial score (nSPS) is 10.3. The molecule has 2 aromatic rings. The Labute approximate surface area is 120 Å². The third-order valence-corrected chi connectivity index (χ3v) is 2.76. The largest absolute Gasteiger partial charge is 0.492 e. The number of rotatable bonds is 6. The smallest absolute Gasteiger partial charge is 0.433 e. The molecule has 0 radical (unpaired) electrons. The van der Waals surface area contributed by atoms with Gasteiger partial charge in [0.15, 0.2) is 0 Å². The van der Waals surface area contributed by atoms with Gasteiger partial charge in [0.1, 0.15) is 16.4 Å². The van der Waals surface area contributed by atoms with Gasteiger partial charge in [-0.05, 0) is 31.2 Å². The second-order valence-corrected chi connectivity index (χ2v) is 4.36. The molecule has 0 fully saturated rings. The van der Waals surface area contributed by atoms with E-state index in [0.717, 1.165) is 0 Å². The highest BCUT2D eigenvalue weighted by molar-refractivity contribution is 6.30. The second kappa shape index (κ2) is 6.29. The van der Waals surface area contributed by atoms with Crippen molar-refractivity contribution < 1.29 is 14.1 Å². The van der Waals surface area contributed by atoms with E-state index in [-0.39, 0.29) is 5.88 Å². The Kier molecular flexibility index (Phi) is 4.47. The predicted molar refractivity (Wildman–Crippen MR) is 75.3 cm³/mol. The number of furan rings is 1. The molecular formula is C13H13ClN2O4. The minimum absolute atomic E-state index is 0.280. The Morgan fingerprint density at radius 3 is 2.85 bits per heavy atom. The lowest BCUT2D eigenvalue weighted by Crippen LogP contribution is -2.02. The van der Waals surface area contributed by atoms with Crippen LogP contribution < -0.4 is 10.1 Å². The van der Waals surface area contributed by atoms with Gasteiger partial charge in [-0.15, -0.1) is 0 Å². The van der Waals surface area contributed by atoms with Gasteiger partial charge < -0.3 is 14.5 Å². The summed E-state index contributed by atoms with van der Waals surface area (Å²) in [7, 11) is 0. The molecule has 0 atom stereocenters. The zero-order chi connectivity index (χ0) is 14.5. The molecule has 0 aliphatic carbocycles. The molecule has 0 aliphatic rings. The van der Waals surface area contributed by atoms with Crippen LogP contribution in [0.25, 0.3) is 0 Å². The fraction of sp³-hybridized carbons (Fsp3) is 0.231. The van der Waals surface area contributed by atoms with Crippen molar-refractivity contribution >= 4 is 23.2 Å². The predicted octanol–water partition coefficient (Wildman–Crippen LogP) is 3.85. The molecular weight excluding hydrogens is 284 g/mol. The minimum Gasteiger partial charge on any atom is -0.492 e. The maximum absolute atomic E-state index is 10.5. The molecule has 0 bridgehead atoms. The average Bonchev–Trinajstić information content (AvgIpc) is 2.88. The first-order chi connectivity index (χ1) is 9.60. The molecule has 0 aliphatic heterocycles. The molecule has 1 heterocycles. The fourth-order valence-corrected chi connectivity index (χ4v) is 1.84. The van der Waals surface area contributed by atoms with E-state index < -0.39 is 4.92 Å². The summed E-state index contributed by atoms with van der Waals surface area (Å²) in [6.07, 6.45) is 0. The third kappa shape index (κ3) is 3.42. The van der Waals surface area contributed by atoms with Crippen LogP contribution in [0.3, 0.4) is 0 Å². The maximum atomic E-state index is 10.5. The highest BCUT2D eigenvalue weighted by Gasteiger charge is 2.12. The molecule has 1 aromatic carbocycles. The number of benzene rings is 1. The molecule has 0 saturated heterocycles. The fourth-order valence-electron chi connectivity index (χ4n) is 1.66. The van der Waals surface area contributed by atoms with Gasteiger partial charge in [0.2, 0.25) is 0 Å². The molecule has 7 heteroatoms. The van der Waals surface area contributed by atoms with E-state index >= 15 is 0 Å². The summed E-state index contributed by atoms with van der Waals surface area (Å²) in [5.41, 5.74) is 0.707. The summed E-state index contributed by atoms with van der Waals surface area (Å²) in [5.74, 6) is 0.843. The number of hydrogen-bond donors (Lipinski definition) is 1. The van der Waals surface area contributed by atoms with Crippen molar-refractivity contribution in [1.29, 1.82) is 0 Å². The van der Waals surface area contributed by atoms with Crippen LogP contribution in [0, 0.1) is 10.1 Å². The van der Waals surface area contributed by atoms with E-state index in [1.54, 1.807) is 24.3 Å². The zero-order valence-electron chi connectivity index (χ0n) is 10.8. The Hall–Kier alpha value is -2.21. The molecule has 0 saturated carbocycles. The Morgan fingerprint density at radius 2 is 2.20 bits per heavy atom. The molecule has 20 heavy (non-hydrogen) atoms. The van der Waals surface area contributed by atoms with E-state index in [1.165, 1.54) is 6.07 Å². The molecule has 0 unspecified atom stereocenters. The Morgan fingerprint density at radius 1 is 1.40 bits per heavy atom. The van der Waals surface area contributed by atoms with E-state index in [0.29, 0.717) is 35.4 Å². The number of nitrogens with one attached hydrogen (secondary N) is 1. The van der Waals surface area contributed by atoms with E-state index in [1.807, 2.05) is 6.92 Å². The number of halogens is 1. The van der Waals surface area contributed by atoms with E-state index in [4.69, 9.17) is 20.8 Å². The number of nitro groups is 1. The van der Waals surface area contributed by atoms with Crippen molar-refractivity contribution in [2.45, 2.75) is 13.5 Å². The monoisotopic (exact) mass is 296 g/mol. The summed E-state index contributed by atoms with van der Waals surface area (Å²) in [5, 5.41) is 14.2. The third-order valence-electron chi connectivity index (χ3n) is 2.52. The molecule has 6 nitrogen and oxygen atoms in total. The quantitative estimate of drug-likeness (QED) is 0.647. The van der Waals surface area contributed by atoms with Crippen LogP contribution in [-0.2, 0) is 6.54 Å². The molecule has 0 spiro atoms. The lowest BCUT2D eigenvalue weighted by Gasteiger charge is -2.11. The highest BCUT2D eigenvalue weighted by atomic mass is 35.5. The summed E-state index contributed by atoms with van der Waals surface area (Å²) in [6.45, 7) is 2.71. The summed E-state index contributed by atoms with van der Waals surface area (Å²) < 4.78 is 10.5. The maximum Gasteiger partial charge on any atom is 0.433 e. The van der Waals surface area contributed by atoms with Crippen molar-refractivity contribution in [1.82, 2.24) is 0 Å². The van der Waals surface area contributed by atoms with Crippen LogP contribution in [0.1, 0.15) is 12.7 Å². The van der Waals surface area contributed by atoms with Crippen molar-refractivity contribution in [2.75, 3.05) is 11.9 Å². The first kappa shape index (κ1) is 14.2. The molecule has 106 valence electrons. The van der Waals surface area contributed by atoms with Gasteiger partial charge in [-0.3, -0.25) is 10.1 Å². The van der Waals surface area contributed by atoms with Gasteiger partial charge in [0.05, 0.1) is 24.9 Å². The highest BCUT2D eigenvalue weighted by Crippen LogP contribution is 2.28. The zero-order valence-corrected chi connectivity index (χ0v) is 11.5. The molecule has 0 amide bonds. The summed E-state index contributed by atoms with van der Waals surface area (Å²) in [4.78, 5) is 9.95. The van der Waals surface area contributed by atoms with Crippen LogP contribution in [0.15, 0.2) is 34.7 Å². The Balaban J connectivity index is 2.09. The van der Waals surface area contributed by atoms with Crippen LogP contribution >= 0.6 is 11.6 Å². The lowest BCUT2D eigenvalue weighted by atomic mass is 10.3. The van der Waals surface area contributed by atoms with Crippen LogP contribution in [-0.4, -0.2) is 11.5 Å². The van der Waals surface area contributed by atoms with Crippen molar-refractivity contribution in [2.24, 2.45) is 0 Å². The summed E-state index contributed by atoms with van der Waals surface area (Å²) >= 11 is 5.94.